The molecular formula is C20H26N2O2. The Morgan fingerprint density at radius 2 is 1.83 bits per heavy atom. The third kappa shape index (κ3) is 5.01. The summed E-state index contributed by atoms with van der Waals surface area (Å²) in [7, 11) is 3.44. The van der Waals surface area contributed by atoms with E-state index in [9.17, 15) is 4.79 Å². The quantitative estimate of drug-likeness (QED) is 0.861. The summed E-state index contributed by atoms with van der Waals surface area (Å²) in [5.74, 6) is 0.882. The minimum Gasteiger partial charge on any atom is -0.493 e. The van der Waals surface area contributed by atoms with Crippen molar-refractivity contribution in [3.63, 3.8) is 0 Å². The molecular weight excluding hydrogens is 300 g/mol. The fraction of sp³-hybridized carbons (Fsp3) is 0.350. The van der Waals surface area contributed by atoms with E-state index in [-0.39, 0.29) is 6.03 Å². The van der Waals surface area contributed by atoms with Gasteiger partial charge in [-0.2, -0.15) is 0 Å². The number of rotatable bonds is 6. The maximum atomic E-state index is 11.7. The number of hydrogen-bond donors (Lipinski definition) is 1. The smallest absolute Gasteiger partial charge is 0.321 e. The number of benzene rings is 2. The van der Waals surface area contributed by atoms with E-state index in [4.69, 9.17) is 4.74 Å². The molecule has 0 spiro atoms. The largest absolute Gasteiger partial charge is 0.493 e. The van der Waals surface area contributed by atoms with Crippen molar-refractivity contribution in [3.05, 3.63) is 59.2 Å². The Kier molecular flexibility index (Phi) is 6.24. The van der Waals surface area contributed by atoms with Crippen LogP contribution in [-0.4, -0.2) is 31.6 Å². The van der Waals surface area contributed by atoms with Gasteiger partial charge in [-0.15, -0.1) is 0 Å². The average Bonchev–Trinajstić information content (AvgIpc) is 2.57. The highest BCUT2D eigenvalue weighted by atomic mass is 16.5. The molecule has 2 rings (SSSR count). The first-order valence-corrected chi connectivity index (χ1v) is 8.29. The molecule has 0 bridgehead atoms. The molecule has 2 amide bonds. The zero-order chi connectivity index (χ0) is 17.5. The van der Waals surface area contributed by atoms with E-state index in [0.29, 0.717) is 6.61 Å². The maximum Gasteiger partial charge on any atom is 0.321 e. The molecule has 0 heterocycles. The van der Waals surface area contributed by atoms with Gasteiger partial charge in [0.1, 0.15) is 5.75 Å². The Balaban J connectivity index is 1.97. The lowest BCUT2D eigenvalue weighted by atomic mass is 10.1. The summed E-state index contributed by atoms with van der Waals surface area (Å²) in [5.41, 5.74) is 4.42. The predicted octanol–water partition coefficient (Wildman–Crippen LogP) is 4.27. The number of amides is 2. The Morgan fingerprint density at radius 1 is 1.12 bits per heavy atom. The fourth-order valence-corrected chi connectivity index (χ4v) is 2.34. The van der Waals surface area contributed by atoms with Crippen molar-refractivity contribution in [1.82, 2.24) is 4.90 Å². The molecule has 0 aliphatic carbocycles. The van der Waals surface area contributed by atoms with Crippen LogP contribution >= 0.6 is 0 Å². The van der Waals surface area contributed by atoms with Gasteiger partial charge >= 0.3 is 6.03 Å². The molecule has 0 unspecified atom stereocenters. The van der Waals surface area contributed by atoms with Gasteiger partial charge in [0.2, 0.25) is 0 Å². The monoisotopic (exact) mass is 326 g/mol. The van der Waals surface area contributed by atoms with Crippen LogP contribution < -0.4 is 10.1 Å². The van der Waals surface area contributed by atoms with Crippen LogP contribution in [0.5, 0.6) is 5.75 Å². The lowest BCUT2D eigenvalue weighted by Crippen LogP contribution is -2.27. The lowest BCUT2D eigenvalue weighted by Gasteiger charge is -2.15. The van der Waals surface area contributed by atoms with Crippen LogP contribution in [0.1, 0.15) is 23.6 Å². The Hall–Kier alpha value is -2.49. The van der Waals surface area contributed by atoms with E-state index in [1.807, 2.05) is 18.2 Å². The zero-order valence-electron chi connectivity index (χ0n) is 14.9. The first-order valence-electron chi connectivity index (χ1n) is 8.29. The summed E-state index contributed by atoms with van der Waals surface area (Å²) in [4.78, 5) is 13.2. The van der Waals surface area contributed by atoms with E-state index in [0.717, 1.165) is 29.8 Å². The number of nitrogens with zero attached hydrogens (tertiary/aromatic N) is 1. The fourth-order valence-electron chi connectivity index (χ4n) is 2.34. The summed E-state index contributed by atoms with van der Waals surface area (Å²) in [6.45, 7) is 4.81. The second kappa shape index (κ2) is 8.39. The van der Waals surface area contributed by atoms with Gasteiger partial charge in [0.05, 0.1) is 6.61 Å². The van der Waals surface area contributed by atoms with Crippen LogP contribution in [0.25, 0.3) is 0 Å². The van der Waals surface area contributed by atoms with Crippen molar-refractivity contribution in [2.75, 3.05) is 26.0 Å². The number of carbonyl (C=O) groups is 1. The number of nitrogens with one attached hydrogen (secondary N) is 1. The standard InChI is InChI=1S/C20H26N2O2/c1-5-17-14-18(21-20(23)22(3)4)10-11-19(17)24-13-12-16-8-6-15(2)7-9-16/h6-11,14H,5,12-13H2,1-4H3,(H,21,23). The third-order valence-corrected chi connectivity index (χ3v) is 3.87. The molecule has 0 radical (unpaired) electrons. The molecule has 4 nitrogen and oxygen atoms in total. The van der Waals surface area contributed by atoms with E-state index in [1.54, 1.807) is 14.1 Å². The molecule has 4 heteroatoms. The molecule has 2 aromatic rings. The number of aryl methyl sites for hydroxylation is 2. The molecule has 0 saturated heterocycles. The molecule has 128 valence electrons. The first-order chi connectivity index (χ1) is 11.5. The Morgan fingerprint density at radius 3 is 2.46 bits per heavy atom. The topological polar surface area (TPSA) is 41.6 Å². The second-order valence-corrected chi connectivity index (χ2v) is 6.08. The van der Waals surface area contributed by atoms with Gasteiger partial charge in [-0.25, -0.2) is 4.79 Å². The highest BCUT2D eigenvalue weighted by Gasteiger charge is 2.08. The van der Waals surface area contributed by atoms with Gasteiger partial charge in [-0.3, -0.25) is 0 Å². The number of carbonyl (C=O) groups excluding carboxylic acids is 1. The van der Waals surface area contributed by atoms with Crippen LogP contribution in [0, 0.1) is 6.92 Å². The van der Waals surface area contributed by atoms with Gasteiger partial charge < -0.3 is 15.0 Å². The second-order valence-electron chi connectivity index (χ2n) is 6.08. The van der Waals surface area contributed by atoms with Crippen LogP contribution in [-0.2, 0) is 12.8 Å². The van der Waals surface area contributed by atoms with Gasteiger partial charge in [0.25, 0.3) is 0 Å². The van der Waals surface area contributed by atoms with E-state index >= 15 is 0 Å². The minimum absolute atomic E-state index is 0.134. The van der Waals surface area contributed by atoms with Crippen molar-refractivity contribution < 1.29 is 9.53 Å². The van der Waals surface area contributed by atoms with Crippen LogP contribution in [0.3, 0.4) is 0 Å². The summed E-state index contributed by atoms with van der Waals surface area (Å²) in [6, 6.07) is 14.2. The van der Waals surface area contributed by atoms with Gasteiger partial charge in [0.15, 0.2) is 0 Å². The molecule has 0 fully saturated rings. The summed E-state index contributed by atoms with van der Waals surface area (Å²) in [6.07, 6.45) is 1.73. The van der Waals surface area contributed by atoms with E-state index in [2.05, 4.69) is 43.4 Å². The van der Waals surface area contributed by atoms with Crippen LogP contribution in [0.4, 0.5) is 10.5 Å². The van der Waals surface area contributed by atoms with E-state index < -0.39 is 0 Å². The van der Waals surface area contributed by atoms with Crippen molar-refractivity contribution in [3.8, 4) is 5.75 Å². The Labute approximate surface area is 144 Å². The highest BCUT2D eigenvalue weighted by molar-refractivity contribution is 5.89. The molecule has 0 saturated carbocycles. The third-order valence-electron chi connectivity index (χ3n) is 3.87. The van der Waals surface area contributed by atoms with Gasteiger partial charge in [-0.05, 0) is 42.7 Å². The Bertz CT molecular complexity index is 679. The van der Waals surface area contributed by atoms with E-state index in [1.165, 1.54) is 16.0 Å². The van der Waals surface area contributed by atoms with Crippen LogP contribution in [0.15, 0.2) is 42.5 Å². The molecule has 0 aliphatic rings. The SMILES string of the molecule is CCc1cc(NC(=O)N(C)C)ccc1OCCc1ccc(C)cc1. The van der Waals surface area contributed by atoms with Gasteiger partial charge in [-0.1, -0.05) is 36.8 Å². The average molecular weight is 326 g/mol. The van der Waals surface area contributed by atoms with Crippen molar-refractivity contribution >= 4 is 11.7 Å². The highest BCUT2D eigenvalue weighted by Crippen LogP contribution is 2.24. The number of hydrogen-bond acceptors (Lipinski definition) is 2. The molecule has 0 aliphatic heterocycles. The summed E-state index contributed by atoms with van der Waals surface area (Å²) in [5, 5.41) is 2.86. The van der Waals surface area contributed by atoms with Crippen LogP contribution in [0.2, 0.25) is 0 Å². The minimum atomic E-state index is -0.134. The normalized spacial score (nSPS) is 10.3. The van der Waals surface area contributed by atoms with Crippen molar-refractivity contribution in [2.45, 2.75) is 26.7 Å². The van der Waals surface area contributed by atoms with Gasteiger partial charge in [0, 0.05) is 26.2 Å². The molecule has 0 atom stereocenters. The van der Waals surface area contributed by atoms with Crippen molar-refractivity contribution in [1.29, 1.82) is 0 Å². The number of urea groups is 1. The summed E-state index contributed by atoms with van der Waals surface area (Å²) >= 11 is 0. The maximum absolute atomic E-state index is 11.7. The molecule has 24 heavy (non-hydrogen) atoms. The lowest BCUT2D eigenvalue weighted by molar-refractivity contribution is 0.230. The summed E-state index contributed by atoms with van der Waals surface area (Å²) < 4.78 is 5.95. The first kappa shape index (κ1) is 17.9. The van der Waals surface area contributed by atoms with Crippen molar-refractivity contribution in [2.24, 2.45) is 0 Å². The molecule has 0 aromatic heterocycles. The number of ether oxygens (including phenoxy) is 1. The number of anilines is 1. The molecule has 1 N–H and O–H groups in total. The molecule has 2 aromatic carbocycles. The zero-order valence-corrected chi connectivity index (χ0v) is 14.9. The predicted molar refractivity (Wildman–Crippen MR) is 98.9 cm³/mol.